The number of furan rings is 1. The molecule has 35 heavy (non-hydrogen) atoms. The zero-order valence-corrected chi connectivity index (χ0v) is 20.3. The quantitative estimate of drug-likeness (QED) is 0.203. The fourth-order valence-corrected chi connectivity index (χ4v) is 5.67. The molecular weight excluding hydrogens is 486 g/mol. The molecule has 0 N–H and O–H groups in total. The van der Waals surface area contributed by atoms with E-state index in [1.54, 1.807) is 24.3 Å². The number of amidine groups is 1. The summed E-state index contributed by atoms with van der Waals surface area (Å²) in [6.07, 6.45) is 7.07. The third-order valence-corrected chi connectivity index (χ3v) is 7.38. The third-order valence-electron chi connectivity index (χ3n) is 6.09. The topological polar surface area (TPSA) is 88.9 Å². The number of aliphatic imine (C=N–C) groups is 1. The number of halogens is 1. The number of rotatable bonds is 5. The Hall–Kier alpha value is -3.36. The van der Waals surface area contributed by atoms with E-state index in [0.29, 0.717) is 27.2 Å². The van der Waals surface area contributed by atoms with Gasteiger partial charge in [-0.05, 0) is 54.9 Å². The maximum Gasteiger partial charge on any atom is 0.270 e. The molecule has 3 aromatic rings. The summed E-state index contributed by atoms with van der Waals surface area (Å²) in [7, 11) is 0. The summed E-state index contributed by atoms with van der Waals surface area (Å²) in [5, 5.41) is 11.9. The SMILES string of the molecule is O=C1/C(=C/c2ccc(-c3ccc([N+](=O)[O-])cc3Cl)o2)SC(=Nc2ccccc2)N1C1CCCCC1. The Morgan fingerprint density at radius 3 is 2.57 bits per heavy atom. The summed E-state index contributed by atoms with van der Waals surface area (Å²) >= 11 is 7.60. The van der Waals surface area contributed by atoms with E-state index < -0.39 is 4.92 Å². The van der Waals surface area contributed by atoms with Crippen LogP contribution < -0.4 is 0 Å². The zero-order valence-electron chi connectivity index (χ0n) is 18.7. The van der Waals surface area contributed by atoms with Crippen LogP contribution in [-0.2, 0) is 4.79 Å². The van der Waals surface area contributed by atoms with Crippen LogP contribution in [0.1, 0.15) is 37.9 Å². The number of thioether (sulfide) groups is 1. The van der Waals surface area contributed by atoms with Crippen molar-refractivity contribution in [1.82, 2.24) is 4.90 Å². The van der Waals surface area contributed by atoms with Crippen LogP contribution >= 0.6 is 23.4 Å². The van der Waals surface area contributed by atoms with Gasteiger partial charge in [-0.2, -0.15) is 0 Å². The fraction of sp³-hybridized carbons (Fsp3) is 0.231. The average molecular weight is 508 g/mol. The molecule has 2 heterocycles. The average Bonchev–Trinajstić information content (AvgIpc) is 3.44. The van der Waals surface area contributed by atoms with Gasteiger partial charge in [0.1, 0.15) is 11.5 Å². The minimum atomic E-state index is -0.497. The molecule has 0 bridgehead atoms. The van der Waals surface area contributed by atoms with Gasteiger partial charge in [-0.1, -0.05) is 49.1 Å². The number of para-hydroxylation sites is 1. The molecule has 1 aliphatic carbocycles. The Labute approximate surface area is 211 Å². The molecule has 1 aromatic heterocycles. The highest BCUT2D eigenvalue weighted by Crippen LogP contribution is 2.39. The lowest BCUT2D eigenvalue weighted by Gasteiger charge is -2.30. The number of benzene rings is 2. The summed E-state index contributed by atoms with van der Waals surface area (Å²) < 4.78 is 5.94. The van der Waals surface area contributed by atoms with Crippen molar-refractivity contribution < 1.29 is 14.1 Å². The lowest BCUT2D eigenvalue weighted by molar-refractivity contribution is -0.384. The van der Waals surface area contributed by atoms with E-state index in [1.807, 2.05) is 35.2 Å². The summed E-state index contributed by atoms with van der Waals surface area (Å²) in [5.74, 6) is 0.896. The number of nitrogens with zero attached hydrogens (tertiary/aromatic N) is 3. The summed E-state index contributed by atoms with van der Waals surface area (Å²) in [6.45, 7) is 0. The van der Waals surface area contributed by atoms with E-state index in [-0.39, 0.29) is 22.7 Å². The second-order valence-electron chi connectivity index (χ2n) is 8.43. The van der Waals surface area contributed by atoms with Crippen molar-refractivity contribution >= 4 is 51.9 Å². The summed E-state index contributed by atoms with van der Waals surface area (Å²) in [6, 6.07) is 17.5. The van der Waals surface area contributed by atoms with Gasteiger partial charge in [-0.3, -0.25) is 19.8 Å². The minimum absolute atomic E-state index is 0.0668. The number of non-ortho nitro benzene ring substituents is 1. The molecule has 0 radical (unpaired) electrons. The Morgan fingerprint density at radius 1 is 1.09 bits per heavy atom. The first-order chi connectivity index (χ1) is 17.0. The maximum atomic E-state index is 13.5. The first-order valence-electron chi connectivity index (χ1n) is 11.4. The van der Waals surface area contributed by atoms with Crippen molar-refractivity contribution in [3.8, 4) is 11.3 Å². The van der Waals surface area contributed by atoms with Gasteiger partial charge in [-0.15, -0.1) is 0 Å². The number of carbonyl (C=O) groups excluding carboxylic acids is 1. The Kier molecular flexibility index (Phi) is 6.74. The van der Waals surface area contributed by atoms with Gasteiger partial charge in [0.05, 0.1) is 20.5 Å². The summed E-state index contributed by atoms with van der Waals surface area (Å²) in [4.78, 5) is 31.1. The minimum Gasteiger partial charge on any atom is -0.457 e. The highest BCUT2D eigenvalue weighted by atomic mass is 35.5. The Balaban J connectivity index is 1.45. The number of amides is 1. The molecule has 2 aromatic carbocycles. The number of nitro benzene ring substituents is 1. The molecule has 7 nitrogen and oxygen atoms in total. The van der Waals surface area contributed by atoms with Gasteiger partial charge >= 0.3 is 0 Å². The van der Waals surface area contributed by atoms with Gasteiger partial charge in [0.2, 0.25) is 0 Å². The molecule has 2 fully saturated rings. The first-order valence-corrected chi connectivity index (χ1v) is 12.6. The maximum absolute atomic E-state index is 13.5. The van der Waals surface area contributed by atoms with Crippen LogP contribution in [0.25, 0.3) is 17.4 Å². The van der Waals surface area contributed by atoms with Gasteiger partial charge < -0.3 is 4.42 Å². The second kappa shape index (κ2) is 10.1. The molecule has 1 saturated carbocycles. The molecule has 0 spiro atoms. The molecule has 1 saturated heterocycles. The molecular formula is C26H22ClN3O4S. The number of hydrogen-bond donors (Lipinski definition) is 0. The summed E-state index contributed by atoms with van der Waals surface area (Å²) in [5.41, 5.74) is 1.26. The molecule has 5 rings (SSSR count). The van der Waals surface area contributed by atoms with E-state index in [4.69, 9.17) is 21.0 Å². The standard InChI is InChI=1S/C26H22ClN3O4S/c27-22-15-19(30(32)33)11-13-21(22)23-14-12-20(34-23)16-24-25(31)29(18-9-5-2-6-10-18)26(35-24)28-17-7-3-1-4-8-17/h1,3-4,7-8,11-16,18H,2,5-6,9-10H2/b24-16-,28-26?. The van der Waals surface area contributed by atoms with Gasteiger partial charge in [0.25, 0.3) is 11.6 Å². The van der Waals surface area contributed by atoms with Crippen molar-refractivity contribution in [3.63, 3.8) is 0 Å². The van der Waals surface area contributed by atoms with Gasteiger partial charge in [-0.25, -0.2) is 4.99 Å². The number of carbonyl (C=O) groups is 1. The predicted molar refractivity (Wildman–Crippen MR) is 139 cm³/mol. The molecule has 1 aliphatic heterocycles. The highest BCUT2D eigenvalue weighted by molar-refractivity contribution is 8.18. The Morgan fingerprint density at radius 2 is 1.86 bits per heavy atom. The molecule has 0 atom stereocenters. The van der Waals surface area contributed by atoms with Crippen LogP contribution in [-0.4, -0.2) is 26.9 Å². The molecule has 1 amide bonds. The molecule has 0 unspecified atom stereocenters. The lowest BCUT2D eigenvalue weighted by atomic mass is 9.94. The highest BCUT2D eigenvalue weighted by Gasteiger charge is 2.38. The number of hydrogen-bond acceptors (Lipinski definition) is 6. The van der Waals surface area contributed by atoms with Crippen LogP contribution in [0.4, 0.5) is 11.4 Å². The van der Waals surface area contributed by atoms with Crippen molar-refractivity contribution in [1.29, 1.82) is 0 Å². The van der Waals surface area contributed by atoms with Crippen molar-refractivity contribution in [2.24, 2.45) is 4.99 Å². The van der Waals surface area contributed by atoms with Crippen LogP contribution in [0.2, 0.25) is 5.02 Å². The smallest absolute Gasteiger partial charge is 0.270 e. The molecule has 178 valence electrons. The van der Waals surface area contributed by atoms with Crippen LogP contribution in [0.5, 0.6) is 0 Å². The van der Waals surface area contributed by atoms with E-state index in [1.165, 1.54) is 30.3 Å². The number of nitro groups is 1. The van der Waals surface area contributed by atoms with Gasteiger partial charge in [0, 0.05) is 29.8 Å². The van der Waals surface area contributed by atoms with E-state index in [0.717, 1.165) is 31.4 Å². The Bertz CT molecular complexity index is 1330. The van der Waals surface area contributed by atoms with Gasteiger partial charge in [0.15, 0.2) is 5.17 Å². The monoisotopic (exact) mass is 507 g/mol. The second-order valence-corrected chi connectivity index (χ2v) is 9.85. The van der Waals surface area contributed by atoms with Crippen molar-refractivity contribution in [2.75, 3.05) is 0 Å². The third kappa shape index (κ3) is 5.04. The van der Waals surface area contributed by atoms with Crippen LogP contribution in [0, 0.1) is 10.1 Å². The van der Waals surface area contributed by atoms with Crippen LogP contribution in [0.15, 0.2) is 75.0 Å². The predicted octanol–water partition coefficient (Wildman–Crippen LogP) is 7.44. The van der Waals surface area contributed by atoms with E-state index >= 15 is 0 Å². The molecule has 2 aliphatic rings. The fourth-order valence-electron chi connectivity index (χ4n) is 4.36. The zero-order chi connectivity index (χ0) is 24.4. The van der Waals surface area contributed by atoms with E-state index in [9.17, 15) is 14.9 Å². The van der Waals surface area contributed by atoms with Crippen LogP contribution in [0.3, 0.4) is 0 Å². The first kappa shape index (κ1) is 23.4. The van der Waals surface area contributed by atoms with E-state index in [2.05, 4.69) is 0 Å². The van der Waals surface area contributed by atoms with Crippen molar-refractivity contribution in [3.05, 3.63) is 86.5 Å². The molecule has 9 heteroatoms. The largest absolute Gasteiger partial charge is 0.457 e. The normalized spacial score (nSPS) is 19.1. The lowest BCUT2D eigenvalue weighted by Crippen LogP contribution is -2.40. The van der Waals surface area contributed by atoms with Crippen molar-refractivity contribution in [2.45, 2.75) is 38.1 Å².